The van der Waals surface area contributed by atoms with Gasteiger partial charge in [0.05, 0.1) is 28.3 Å². The van der Waals surface area contributed by atoms with Gasteiger partial charge < -0.3 is 4.90 Å². The van der Waals surface area contributed by atoms with Crippen LogP contribution < -0.4 is 0 Å². The molecule has 26 heavy (non-hydrogen) atoms. The lowest BCUT2D eigenvalue weighted by Crippen LogP contribution is -2.60. The molecule has 3 rings (SSSR count). The Morgan fingerprint density at radius 2 is 2.04 bits per heavy atom. The van der Waals surface area contributed by atoms with Gasteiger partial charge in [0.25, 0.3) is 0 Å². The molecule has 1 aromatic rings. The summed E-state index contributed by atoms with van der Waals surface area (Å²) in [4.78, 5) is 21.0. The second-order valence-electron chi connectivity index (χ2n) is 7.03. The summed E-state index contributed by atoms with van der Waals surface area (Å²) in [5, 5.41) is 0.804. The molecule has 2 aliphatic heterocycles. The summed E-state index contributed by atoms with van der Waals surface area (Å²) in [7, 11) is -3.11. The highest BCUT2D eigenvalue weighted by Gasteiger charge is 2.47. The first-order valence-electron chi connectivity index (χ1n) is 8.77. The molecular formula is C18H25N3O3S2. The molecule has 142 valence electrons. The van der Waals surface area contributed by atoms with Crippen molar-refractivity contribution in [2.75, 3.05) is 36.9 Å². The standard InChI is InChI=1S/C18H25N3O3S2/c1-14(2)6-8-20-9-10-21(16-13-26(23,24)12-15(16)20)18(22)11-25-17-5-3-4-7-19-17/h3-7,15-16H,8-13H2,1-2H3/t15-,16+/m1/s1. The number of piperazine rings is 1. The third-order valence-electron chi connectivity index (χ3n) is 4.83. The van der Waals surface area contributed by atoms with Crippen LogP contribution in [0.5, 0.6) is 0 Å². The molecule has 0 radical (unpaired) electrons. The number of hydrogen-bond donors (Lipinski definition) is 0. The van der Waals surface area contributed by atoms with Crippen molar-refractivity contribution in [3.05, 3.63) is 36.0 Å². The van der Waals surface area contributed by atoms with Crippen LogP contribution in [0, 0.1) is 0 Å². The van der Waals surface area contributed by atoms with Gasteiger partial charge >= 0.3 is 0 Å². The number of carbonyl (C=O) groups excluding carboxylic acids is 1. The summed E-state index contributed by atoms with van der Waals surface area (Å²) in [5.74, 6) is 0.498. The number of allylic oxidation sites excluding steroid dienone is 1. The second-order valence-corrected chi connectivity index (χ2v) is 10.2. The van der Waals surface area contributed by atoms with E-state index < -0.39 is 9.84 Å². The zero-order chi connectivity index (χ0) is 18.7. The van der Waals surface area contributed by atoms with Crippen molar-refractivity contribution in [1.82, 2.24) is 14.8 Å². The lowest BCUT2D eigenvalue weighted by Gasteiger charge is -2.43. The maximum Gasteiger partial charge on any atom is 0.233 e. The van der Waals surface area contributed by atoms with E-state index in [0.717, 1.165) is 11.6 Å². The third kappa shape index (κ3) is 4.66. The Kier molecular flexibility index (Phi) is 6.04. The van der Waals surface area contributed by atoms with Crippen molar-refractivity contribution >= 4 is 27.5 Å². The number of hydrogen-bond acceptors (Lipinski definition) is 6. The molecule has 2 saturated heterocycles. The summed E-state index contributed by atoms with van der Waals surface area (Å²) < 4.78 is 24.5. The van der Waals surface area contributed by atoms with Crippen molar-refractivity contribution < 1.29 is 13.2 Å². The highest BCUT2D eigenvalue weighted by Crippen LogP contribution is 2.28. The maximum atomic E-state index is 12.7. The summed E-state index contributed by atoms with van der Waals surface area (Å²) in [6, 6.07) is 5.26. The van der Waals surface area contributed by atoms with Gasteiger partial charge in [-0.3, -0.25) is 9.69 Å². The van der Waals surface area contributed by atoms with E-state index in [2.05, 4.69) is 16.0 Å². The van der Waals surface area contributed by atoms with Crippen LogP contribution in [0.2, 0.25) is 0 Å². The Bertz CT molecular complexity index is 776. The van der Waals surface area contributed by atoms with Crippen LogP contribution in [-0.4, -0.2) is 78.1 Å². The molecule has 0 saturated carbocycles. The Hall–Kier alpha value is -1.38. The molecule has 8 heteroatoms. The lowest BCUT2D eigenvalue weighted by molar-refractivity contribution is -0.133. The molecule has 6 nitrogen and oxygen atoms in total. The zero-order valence-corrected chi connectivity index (χ0v) is 16.8. The minimum absolute atomic E-state index is 0.00498. The molecule has 0 bridgehead atoms. The number of carbonyl (C=O) groups is 1. The fraction of sp³-hybridized carbons (Fsp3) is 0.556. The third-order valence-corrected chi connectivity index (χ3v) is 7.45. The van der Waals surface area contributed by atoms with Crippen molar-refractivity contribution in [2.45, 2.75) is 31.0 Å². The number of rotatable bonds is 5. The number of pyridine rings is 1. The quantitative estimate of drug-likeness (QED) is 0.555. The molecule has 1 aromatic heterocycles. The summed E-state index contributed by atoms with van der Waals surface area (Å²) in [6.45, 7) is 6.11. The Balaban J connectivity index is 1.69. The van der Waals surface area contributed by atoms with Crippen molar-refractivity contribution in [3.8, 4) is 0 Å². The number of sulfone groups is 1. The molecule has 3 heterocycles. The number of fused-ring (bicyclic) bond motifs is 1. The molecule has 2 aliphatic rings. The van der Waals surface area contributed by atoms with Gasteiger partial charge in [-0.15, -0.1) is 0 Å². The molecule has 2 fully saturated rings. The molecule has 0 aromatic carbocycles. The summed E-state index contributed by atoms with van der Waals surface area (Å²) in [5.41, 5.74) is 1.22. The molecule has 0 spiro atoms. The van der Waals surface area contributed by atoms with Gasteiger partial charge in [-0.2, -0.15) is 0 Å². The Labute approximate surface area is 159 Å². The average Bonchev–Trinajstić information content (AvgIpc) is 2.93. The van der Waals surface area contributed by atoms with Crippen LogP contribution >= 0.6 is 11.8 Å². The topological polar surface area (TPSA) is 70.6 Å². The van der Waals surface area contributed by atoms with Crippen LogP contribution in [-0.2, 0) is 14.6 Å². The molecule has 1 amide bonds. The smallest absolute Gasteiger partial charge is 0.233 e. The van der Waals surface area contributed by atoms with Crippen molar-refractivity contribution in [1.29, 1.82) is 0 Å². The molecular weight excluding hydrogens is 370 g/mol. The number of nitrogens with zero attached hydrogens (tertiary/aromatic N) is 3. The normalized spacial score (nSPS) is 24.9. The monoisotopic (exact) mass is 395 g/mol. The molecule has 2 atom stereocenters. The second kappa shape index (κ2) is 8.10. The summed E-state index contributed by atoms with van der Waals surface area (Å²) in [6.07, 6.45) is 3.82. The van der Waals surface area contributed by atoms with Gasteiger partial charge in [0.1, 0.15) is 0 Å². The number of amides is 1. The van der Waals surface area contributed by atoms with E-state index in [0.29, 0.717) is 13.1 Å². The van der Waals surface area contributed by atoms with Crippen LogP contribution in [0.25, 0.3) is 0 Å². The van der Waals surface area contributed by atoms with Gasteiger partial charge in [-0.1, -0.05) is 29.5 Å². The zero-order valence-electron chi connectivity index (χ0n) is 15.2. The highest BCUT2D eigenvalue weighted by molar-refractivity contribution is 7.99. The van der Waals surface area contributed by atoms with E-state index in [1.165, 1.54) is 17.3 Å². The SMILES string of the molecule is CC(C)=CCN1CCN(C(=O)CSc2ccccn2)[C@H]2CS(=O)(=O)C[C@H]21. The van der Waals surface area contributed by atoms with Crippen LogP contribution in [0.1, 0.15) is 13.8 Å². The van der Waals surface area contributed by atoms with Crippen molar-refractivity contribution in [2.24, 2.45) is 0 Å². The maximum absolute atomic E-state index is 12.7. The first kappa shape index (κ1) is 19.4. The molecule has 0 aliphatic carbocycles. The van der Waals surface area contributed by atoms with Gasteiger partial charge in [-0.25, -0.2) is 13.4 Å². The largest absolute Gasteiger partial charge is 0.335 e. The van der Waals surface area contributed by atoms with E-state index in [-0.39, 0.29) is 35.2 Å². The first-order valence-corrected chi connectivity index (χ1v) is 11.6. The minimum Gasteiger partial charge on any atom is -0.335 e. The van der Waals surface area contributed by atoms with Gasteiger partial charge in [0.2, 0.25) is 5.91 Å². The molecule has 0 N–H and O–H groups in total. The van der Waals surface area contributed by atoms with E-state index in [9.17, 15) is 13.2 Å². The predicted molar refractivity (Wildman–Crippen MR) is 104 cm³/mol. The lowest BCUT2D eigenvalue weighted by atomic mass is 10.0. The first-order chi connectivity index (χ1) is 12.4. The van der Waals surface area contributed by atoms with Gasteiger partial charge in [0.15, 0.2) is 9.84 Å². The summed E-state index contributed by atoms with van der Waals surface area (Å²) >= 11 is 1.40. The van der Waals surface area contributed by atoms with Crippen molar-refractivity contribution in [3.63, 3.8) is 0 Å². The minimum atomic E-state index is -3.11. The van der Waals surface area contributed by atoms with Gasteiger partial charge in [-0.05, 0) is 26.0 Å². The fourth-order valence-corrected chi connectivity index (χ4v) is 6.27. The Morgan fingerprint density at radius 3 is 2.73 bits per heavy atom. The van der Waals surface area contributed by atoms with Crippen LogP contribution in [0.15, 0.2) is 41.1 Å². The molecule has 0 unspecified atom stereocenters. The van der Waals surface area contributed by atoms with E-state index >= 15 is 0 Å². The highest BCUT2D eigenvalue weighted by atomic mass is 32.2. The average molecular weight is 396 g/mol. The van der Waals surface area contributed by atoms with Crippen LogP contribution in [0.4, 0.5) is 0 Å². The Morgan fingerprint density at radius 1 is 1.27 bits per heavy atom. The van der Waals surface area contributed by atoms with E-state index in [4.69, 9.17) is 0 Å². The predicted octanol–water partition coefficient (Wildman–Crippen LogP) is 1.45. The fourth-order valence-electron chi connectivity index (χ4n) is 3.51. The number of thioether (sulfide) groups is 1. The van der Waals surface area contributed by atoms with Crippen LogP contribution in [0.3, 0.4) is 0 Å². The van der Waals surface area contributed by atoms with Gasteiger partial charge in [0, 0.05) is 31.9 Å². The van der Waals surface area contributed by atoms with E-state index in [1.54, 1.807) is 11.1 Å². The number of aromatic nitrogens is 1. The van der Waals surface area contributed by atoms with E-state index in [1.807, 2.05) is 32.0 Å².